The molecule has 4 nitrogen and oxygen atoms in total. The van der Waals surface area contributed by atoms with Gasteiger partial charge in [0.05, 0.1) is 0 Å². The molecule has 1 aliphatic carbocycles. The summed E-state index contributed by atoms with van der Waals surface area (Å²) in [4.78, 5) is -0.367. The number of nitrogens with one attached hydrogen (secondary N) is 1. The van der Waals surface area contributed by atoms with Gasteiger partial charge in [0.15, 0.2) is 0 Å². The molecule has 0 aliphatic heterocycles. The van der Waals surface area contributed by atoms with Gasteiger partial charge in [-0.15, -0.1) is 0 Å². The van der Waals surface area contributed by atoms with Crippen molar-refractivity contribution in [3.8, 4) is 0 Å². The number of nitrogens with two attached hydrogens (primary N) is 1. The monoisotopic (exact) mass is 314 g/mol. The lowest BCUT2D eigenvalue weighted by Crippen LogP contribution is -2.33. The number of anilines is 1. The first-order chi connectivity index (χ1) is 9.81. The van der Waals surface area contributed by atoms with Crippen LogP contribution in [-0.2, 0) is 10.0 Å². The summed E-state index contributed by atoms with van der Waals surface area (Å²) in [6, 6.07) is 2.35. The maximum Gasteiger partial charge on any atom is 0.243 e. The Morgan fingerprint density at radius 1 is 1.33 bits per heavy atom. The molecule has 1 fully saturated rings. The van der Waals surface area contributed by atoms with E-state index in [4.69, 9.17) is 5.73 Å². The minimum atomic E-state index is -3.86. The molecule has 1 aromatic carbocycles. The van der Waals surface area contributed by atoms with Crippen molar-refractivity contribution in [1.29, 1.82) is 0 Å². The van der Waals surface area contributed by atoms with Crippen molar-refractivity contribution in [3.05, 3.63) is 23.5 Å². The molecule has 3 N–H and O–H groups in total. The van der Waals surface area contributed by atoms with Crippen molar-refractivity contribution in [1.82, 2.24) is 4.72 Å². The maximum absolute atomic E-state index is 13.9. The van der Waals surface area contributed by atoms with E-state index < -0.39 is 15.8 Å². The van der Waals surface area contributed by atoms with Crippen molar-refractivity contribution in [2.75, 3.05) is 12.3 Å². The smallest absolute Gasteiger partial charge is 0.243 e. The summed E-state index contributed by atoms with van der Waals surface area (Å²) in [5.74, 6) is 0.0552. The third-order valence-electron chi connectivity index (χ3n) is 4.43. The van der Waals surface area contributed by atoms with Crippen LogP contribution < -0.4 is 10.5 Å². The first kappa shape index (κ1) is 16.2. The second-order valence-electron chi connectivity index (χ2n) is 6.01. The molecule has 6 heteroatoms. The van der Waals surface area contributed by atoms with Gasteiger partial charge in [0.1, 0.15) is 10.7 Å². The molecule has 118 valence electrons. The maximum atomic E-state index is 13.9. The molecule has 0 radical (unpaired) electrons. The third kappa shape index (κ3) is 3.74. The van der Waals surface area contributed by atoms with Gasteiger partial charge in [-0.25, -0.2) is 17.5 Å². The highest BCUT2D eigenvalue weighted by Crippen LogP contribution is 2.29. The largest absolute Gasteiger partial charge is 0.398 e. The highest BCUT2D eigenvalue weighted by molar-refractivity contribution is 7.89. The van der Waals surface area contributed by atoms with Gasteiger partial charge in [-0.05, 0) is 42.9 Å². The molecule has 1 saturated carbocycles. The molecule has 1 aliphatic rings. The molecule has 2 rings (SSSR count). The summed E-state index contributed by atoms with van der Waals surface area (Å²) < 4.78 is 41.0. The van der Waals surface area contributed by atoms with E-state index in [2.05, 4.69) is 11.6 Å². The SMILES string of the molecule is Cc1cc(F)c(S(=O)(=O)NCC2CCCCC2C)cc1N. The molecule has 2 atom stereocenters. The van der Waals surface area contributed by atoms with Crippen LogP contribution in [0.5, 0.6) is 0 Å². The van der Waals surface area contributed by atoms with Crippen LogP contribution in [0.15, 0.2) is 17.0 Å². The Hall–Kier alpha value is -1.14. The van der Waals surface area contributed by atoms with E-state index in [1.807, 2.05) is 0 Å². The zero-order valence-corrected chi connectivity index (χ0v) is 13.3. The lowest BCUT2D eigenvalue weighted by atomic mass is 9.81. The van der Waals surface area contributed by atoms with Crippen LogP contribution in [0.2, 0.25) is 0 Å². The van der Waals surface area contributed by atoms with Gasteiger partial charge in [0, 0.05) is 12.2 Å². The summed E-state index contributed by atoms with van der Waals surface area (Å²) >= 11 is 0. The highest BCUT2D eigenvalue weighted by Gasteiger charge is 2.25. The molecule has 2 unspecified atom stereocenters. The second-order valence-corrected chi connectivity index (χ2v) is 7.75. The van der Waals surface area contributed by atoms with Gasteiger partial charge in [-0.3, -0.25) is 0 Å². The Morgan fingerprint density at radius 3 is 2.67 bits per heavy atom. The zero-order valence-electron chi connectivity index (χ0n) is 12.5. The number of halogens is 1. The average Bonchev–Trinajstić information content (AvgIpc) is 2.42. The fraction of sp³-hybridized carbons (Fsp3) is 0.600. The Morgan fingerprint density at radius 2 is 2.00 bits per heavy atom. The number of hydrogen-bond acceptors (Lipinski definition) is 3. The summed E-state index contributed by atoms with van der Waals surface area (Å²) in [5.41, 5.74) is 6.50. The summed E-state index contributed by atoms with van der Waals surface area (Å²) in [6.07, 6.45) is 4.47. The minimum Gasteiger partial charge on any atom is -0.398 e. The van der Waals surface area contributed by atoms with Crippen LogP contribution in [0.25, 0.3) is 0 Å². The van der Waals surface area contributed by atoms with Crippen molar-refractivity contribution in [2.24, 2.45) is 11.8 Å². The van der Waals surface area contributed by atoms with E-state index in [-0.39, 0.29) is 10.6 Å². The standard InChI is InChI=1S/C15H23FN2O2S/c1-10-5-3-4-6-12(10)9-18-21(19,20)15-8-14(17)11(2)7-13(15)16/h7-8,10,12,18H,3-6,9,17H2,1-2H3. The van der Waals surface area contributed by atoms with Crippen molar-refractivity contribution >= 4 is 15.7 Å². The molecule has 1 aromatic rings. The summed E-state index contributed by atoms with van der Waals surface area (Å²) in [7, 11) is -3.86. The number of sulfonamides is 1. The van der Waals surface area contributed by atoms with Crippen LogP contribution in [0.4, 0.5) is 10.1 Å². The van der Waals surface area contributed by atoms with Crippen molar-refractivity contribution in [3.63, 3.8) is 0 Å². The van der Waals surface area contributed by atoms with E-state index >= 15 is 0 Å². The fourth-order valence-corrected chi connectivity index (χ4v) is 4.05. The highest BCUT2D eigenvalue weighted by atomic mass is 32.2. The second kappa shape index (κ2) is 6.32. The van der Waals surface area contributed by atoms with Crippen LogP contribution in [0, 0.1) is 24.6 Å². The van der Waals surface area contributed by atoms with Gasteiger partial charge in [-0.2, -0.15) is 0 Å². The summed E-state index contributed by atoms with van der Waals surface area (Å²) in [5, 5.41) is 0. The predicted molar refractivity (Wildman–Crippen MR) is 81.9 cm³/mol. The van der Waals surface area contributed by atoms with Crippen molar-refractivity contribution < 1.29 is 12.8 Å². The van der Waals surface area contributed by atoms with Crippen molar-refractivity contribution in [2.45, 2.75) is 44.4 Å². The normalized spacial score (nSPS) is 23.2. The van der Waals surface area contributed by atoms with E-state index in [0.29, 0.717) is 23.9 Å². The topological polar surface area (TPSA) is 72.2 Å². The Kier molecular flexibility index (Phi) is 4.88. The predicted octanol–water partition coefficient (Wildman–Crippen LogP) is 2.82. The summed E-state index contributed by atoms with van der Waals surface area (Å²) in [6.45, 7) is 4.14. The molecule has 21 heavy (non-hydrogen) atoms. The number of benzene rings is 1. The lowest BCUT2D eigenvalue weighted by Gasteiger charge is -2.28. The Balaban J connectivity index is 2.13. The van der Waals surface area contributed by atoms with Gasteiger partial charge >= 0.3 is 0 Å². The first-order valence-electron chi connectivity index (χ1n) is 7.36. The van der Waals surface area contributed by atoms with Crippen LogP contribution in [0.3, 0.4) is 0 Å². The molecular formula is C15H23FN2O2S. The fourth-order valence-electron chi connectivity index (χ4n) is 2.87. The third-order valence-corrected chi connectivity index (χ3v) is 5.87. The number of nitrogen functional groups attached to an aromatic ring is 1. The van der Waals surface area contributed by atoms with Gasteiger partial charge in [0.2, 0.25) is 10.0 Å². The number of hydrogen-bond donors (Lipinski definition) is 2. The van der Waals surface area contributed by atoms with Crippen LogP contribution in [-0.4, -0.2) is 15.0 Å². The average molecular weight is 314 g/mol. The molecule has 0 saturated heterocycles. The molecule has 0 heterocycles. The van der Waals surface area contributed by atoms with E-state index in [0.717, 1.165) is 25.3 Å². The Labute approximate surface area is 126 Å². The van der Waals surface area contributed by atoms with E-state index in [9.17, 15) is 12.8 Å². The molecule has 0 bridgehead atoms. The van der Waals surface area contributed by atoms with Gasteiger partial charge in [0.25, 0.3) is 0 Å². The molecule has 0 amide bonds. The van der Waals surface area contributed by atoms with Gasteiger partial charge < -0.3 is 5.73 Å². The minimum absolute atomic E-state index is 0.280. The number of aryl methyl sites for hydroxylation is 1. The van der Waals surface area contributed by atoms with Crippen LogP contribution in [0.1, 0.15) is 38.2 Å². The number of rotatable bonds is 4. The first-order valence-corrected chi connectivity index (χ1v) is 8.85. The van der Waals surface area contributed by atoms with Crippen LogP contribution >= 0.6 is 0 Å². The molecule has 0 aromatic heterocycles. The zero-order chi connectivity index (χ0) is 15.6. The Bertz CT molecular complexity index is 616. The lowest BCUT2D eigenvalue weighted by molar-refractivity contribution is 0.257. The van der Waals surface area contributed by atoms with E-state index in [1.165, 1.54) is 12.5 Å². The molecule has 0 spiro atoms. The van der Waals surface area contributed by atoms with Gasteiger partial charge in [-0.1, -0.05) is 26.2 Å². The van der Waals surface area contributed by atoms with E-state index in [1.54, 1.807) is 6.92 Å². The quantitative estimate of drug-likeness (QED) is 0.839. The molecular weight excluding hydrogens is 291 g/mol.